The van der Waals surface area contributed by atoms with Crippen LogP contribution in [0.4, 0.5) is 0 Å². The average Bonchev–Trinajstić information content (AvgIpc) is 3.67. The molecule has 0 spiro atoms. The van der Waals surface area contributed by atoms with Crippen molar-refractivity contribution < 1.29 is 56.0 Å². The first-order chi connectivity index (χ1) is 24.3. The highest BCUT2D eigenvalue weighted by Gasteiger charge is 2.48. The Kier molecular flexibility index (Phi) is 12.0. The Labute approximate surface area is 297 Å². The summed E-state index contributed by atoms with van der Waals surface area (Å²) in [6.45, 7) is 5.73. The van der Waals surface area contributed by atoms with Gasteiger partial charge in [0.1, 0.15) is 5.75 Å². The van der Waals surface area contributed by atoms with Crippen LogP contribution >= 0.6 is 0 Å². The van der Waals surface area contributed by atoms with E-state index < -0.39 is 21.9 Å². The third-order valence-corrected chi connectivity index (χ3v) is 8.66. The standard InChI is InChI=1S/C35H40N2O9.CH4O3S/c1-36-13-15-37(16-14-36)12-5-17-43-31-20-23(19-30(41-3)33(31)42-4)18-27-32(24-6-11-28-29(21-24)45-22-44-28)34(38)46-35(27,39)25-7-9-26(40-2)10-8-25;1-5(2,3)4/h6-11,19-21,39H,5,12-18,22H2,1-4H3;1H3,(H,2,3,4). The number of carbonyl (C=O) groups is 1. The molecule has 51 heavy (non-hydrogen) atoms. The SMILES string of the molecule is COc1ccc(C2(O)OC(=O)C(c3ccc4c(c3)OCO4)=C2Cc2cc(OC)c(OC)c(OCCCN3CCN(C)CC3)c2)cc1.CS(=O)(=O)O. The van der Waals surface area contributed by atoms with Crippen molar-refractivity contribution in [2.45, 2.75) is 18.6 Å². The second-order valence-corrected chi connectivity index (χ2v) is 13.7. The summed E-state index contributed by atoms with van der Waals surface area (Å²) in [5.41, 5.74) is 2.24. The van der Waals surface area contributed by atoms with Gasteiger partial charge in [-0.1, -0.05) is 6.07 Å². The second kappa shape index (κ2) is 16.2. The molecular formula is C36H44N2O12S. The van der Waals surface area contributed by atoms with Gasteiger partial charge >= 0.3 is 5.97 Å². The molecule has 1 saturated heterocycles. The van der Waals surface area contributed by atoms with E-state index in [4.69, 9.17) is 37.7 Å². The number of fused-ring (bicyclic) bond motifs is 1. The Hall–Kier alpha value is -4.54. The van der Waals surface area contributed by atoms with E-state index >= 15 is 0 Å². The van der Waals surface area contributed by atoms with Crippen molar-refractivity contribution in [2.75, 3.05) is 80.8 Å². The highest BCUT2D eigenvalue weighted by Crippen LogP contribution is 2.48. The second-order valence-electron chi connectivity index (χ2n) is 12.3. The maximum absolute atomic E-state index is 13.6. The molecule has 0 amide bonds. The molecule has 14 nitrogen and oxygen atoms in total. The van der Waals surface area contributed by atoms with Crippen LogP contribution in [0, 0.1) is 0 Å². The summed E-state index contributed by atoms with van der Waals surface area (Å²) >= 11 is 0. The third-order valence-electron chi connectivity index (χ3n) is 8.66. The predicted octanol–water partition coefficient (Wildman–Crippen LogP) is 3.36. The van der Waals surface area contributed by atoms with Crippen molar-refractivity contribution in [3.63, 3.8) is 0 Å². The highest BCUT2D eigenvalue weighted by atomic mass is 32.2. The molecule has 3 aliphatic rings. The van der Waals surface area contributed by atoms with Crippen LogP contribution in [0.3, 0.4) is 0 Å². The maximum Gasteiger partial charge on any atom is 0.342 e. The molecular weight excluding hydrogens is 684 g/mol. The first kappa shape index (κ1) is 37.7. The van der Waals surface area contributed by atoms with Gasteiger partial charge < -0.3 is 48.1 Å². The topological polar surface area (TPSA) is 163 Å². The summed E-state index contributed by atoms with van der Waals surface area (Å²) in [5.74, 6) is 0.440. The molecule has 0 aliphatic carbocycles. The zero-order valence-corrected chi connectivity index (χ0v) is 30.2. The number of rotatable bonds is 12. The summed E-state index contributed by atoms with van der Waals surface area (Å²) in [7, 11) is 3.17. The molecule has 1 fully saturated rings. The van der Waals surface area contributed by atoms with Crippen LogP contribution in [0.25, 0.3) is 5.57 Å². The summed E-state index contributed by atoms with van der Waals surface area (Å²) in [6.07, 6.45) is 1.70. The molecule has 1 atom stereocenters. The summed E-state index contributed by atoms with van der Waals surface area (Å²) in [5, 5.41) is 12.2. The number of carbonyl (C=O) groups excluding carboxylic acids is 1. The lowest BCUT2D eigenvalue weighted by Crippen LogP contribution is -2.44. The van der Waals surface area contributed by atoms with Gasteiger partial charge in [-0.15, -0.1) is 0 Å². The van der Waals surface area contributed by atoms with Gasteiger partial charge in [-0.25, -0.2) is 4.79 Å². The van der Waals surface area contributed by atoms with Gasteiger partial charge in [-0.2, -0.15) is 8.42 Å². The Balaban J connectivity index is 0.000000943. The molecule has 6 rings (SSSR count). The Morgan fingerprint density at radius 3 is 2.20 bits per heavy atom. The van der Waals surface area contributed by atoms with Gasteiger partial charge in [-0.3, -0.25) is 4.55 Å². The third kappa shape index (κ3) is 9.23. The fourth-order valence-corrected chi connectivity index (χ4v) is 6.08. The largest absolute Gasteiger partial charge is 0.497 e. The van der Waals surface area contributed by atoms with E-state index in [-0.39, 0.29) is 18.8 Å². The van der Waals surface area contributed by atoms with Crippen LogP contribution in [0.1, 0.15) is 23.1 Å². The minimum atomic E-state index is -3.67. The molecule has 1 unspecified atom stereocenters. The van der Waals surface area contributed by atoms with Crippen LogP contribution in [-0.4, -0.2) is 115 Å². The molecule has 0 radical (unpaired) electrons. The van der Waals surface area contributed by atoms with E-state index in [0.29, 0.717) is 64.1 Å². The van der Waals surface area contributed by atoms with Crippen molar-refractivity contribution in [2.24, 2.45) is 0 Å². The molecule has 15 heteroatoms. The Bertz CT molecular complexity index is 1830. The number of likely N-dealkylation sites (N-methyl/N-ethyl adjacent to an activating group) is 1. The molecule has 0 aromatic heterocycles. The van der Waals surface area contributed by atoms with Crippen molar-refractivity contribution in [1.82, 2.24) is 9.80 Å². The van der Waals surface area contributed by atoms with Crippen LogP contribution in [-0.2, 0) is 31.9 Å². The first-order valence-electron chi connectivity index (χ1n) is 16.3. The van der Waals surface area contributed by atoms with Gasteiger partial charge in [0.15, 0.2) is 23.0 Å². The number of aliphatic hydroxyl groups is 1. The van der Waals surface area contributed by atoms with E-state index in [1.807, 2.05) is 12.1 Å². The molecule has 0 bridgehead atoms. The zero-order chi connectivity index (χ0) is 36.8. The average molecular weight is 729 g/mol. The maximum atomic E-state index is 13.6. The molecule has 0 saturated carbocycles. The van der Waals surface area contributed by atoms with Crippen LogP contribution in [0.15, 0.2) is 60.2 Å². The number of cyclic esters (lactones) is 1. The number of nitrogens with zero attached hydrogens (tertiary/aromatic N) is 2. The quantitative estimate of drug-likeness (QED) is 0.159. The summed E-state index contributed by atoms with van der Waals surface area (Å²) < 4.78 is 65.7. The van der Waals surface area contributed by atoms with Crippen LogP contribution < -0.4 is 28.4 Å². The van der Waals surface area contributed by atoms with E-state index in [1.54, 1.807) is 63.8 Å². The normalized spacial score (nSPS) is 18.9. The smallest absolute Gasteiger partial charge is 0.342 e. The van der Waals surface area contributed by atoms with Crippen molar-refractivity contribution in [3.05, 3.63) is 76.9 Å². The highest BCUT2D eigenvalue weighted by molar-refractivity contribution is 7.85. The number of piperazine rings is 1. The molecule has 3 heterocycles. The van der Waals surface area contributed by atoms with Crippen LogP contribution in [0.2, 0.25) is 0 Å². The number of benzene rings is 3. The lowest BCUT2D eigenvalue weighted by molar-refractivity contribution is -0.185. The van der Waals surface area contributed by atoms with E-state index in [9.17, 15) is 18.3 Å². The monoisotopic (exact) mass is 728 g/mol. The van der Waals surface area contributed by atoms with Gasteiger partial charge in [0.05, 0.1) is 39.8 Å². The van der Waals surface area contributed by atoms with Crippen molar-refractivity contribution in [3.8, 4) is 34.5 Å². The first-order valence-corrected chi connectivity index (χ1v) is 18.1. The minimum absolute atomic E-state index is 0.0920. The summed E-state index contributed by atoms with van der Waals surface area (Å²) in [6, 6.07) is 15.7. The van der Waals surface area contributed by atoms with Gasteiger partial charge in [0.25, 0.3) is 15.9 Å². The van der Waals surface area contributed by atoms with Crippen molar-refractivity contribution in [1.29, 1.82) is 0 Å². The minimum Gasteiger partial charge on any atom is -0.497 e. The lowest BCUT2D eigenvalue weighted by Gasteiger charge is -2.32. The fourth-order valence-electron chi connectivity index (χ4n) is 6.08. The number of esters is 1. The molecule has 276 valence electrons. The lowest BCUT2D eigenvalue weighted by atomic mass is 9.88. The van der Waals surface area contributed by atoms with Crippen molar-refractivity contribution >= 4 is 21.7 Å². The molecule has 3 aromatic carbocycles. The summed E-state index contributed by atoms with van der Waals surface area (Å²) in [4.78, 5) is 18.4. The number of hydrogen-bond donors (Lipinski definition) is 2. The number of methoxy groups -OCH3 is 3. The van der Waals surface area contributed by atoms with Gasteiger partial charge in [0, 0.05) is 50.3 Å². The Morgan fingerprint density at radius 2 is 1.55 bits per heavy atom. The van der Waals surface area contributed by atoms with E-state index in [2.05, 4.69) is 16.8 Å². The zero-order valence-electron chi connectivity index (χ0n) is 29.3. The van der Waals surface area contributed by atoms with Gasteiger partial charge in [0.2, 0.25) is 12.5 Å². The predicted molar refractivity (Wildman–Crippen MR) is 187 cm³/mol. The molecule has 2 N–H and O–H groups in total. The Morgan fingerprint density at radius 1 is 0.882 bits per heavy atom. The fraction of sp³-hybridized carbons (Fsp3) is 0.417. The van der Waals surface area contributed by atoms with E-state index in [0.717, 1.165) is 44.7 Å². The molecule has 3 aliphatic heterocycles. The number of ether oxygens (including phenoxy) is 7. The van der Waals surface area contributed by atoms with Gasteiger partial charge in [-0.05, 0) is 73.1 Å². The van der Waals surface area contributed by atoms with Crippen LogP contribution in [0.5, 0.6) is 34.5 Å². The molecule has 3 aromatic rings. The number of hydrogen-bond acceptors (Lipinski definition) is 13. The van der Waals surface area contributed by atoms with E-state index in [1.165, 1.54) is 0 Å².